The van der Waals surface area contributed by atoms with Crippen LogP contribution in [-0.2, 0) is 16.2 Å². The van der Waals surface area contributed by atoms with Crippen molar-refractivity contribution in [1.29, 1.82) is 0 Å². The quantitative estimate of drug-likeness (QED) is 0.456. The molecule has 1 aliphatic rings. The Hall–Kier alpha value is -4.39. The summed E-state index contributed by atoms with van der Waals surface area (Å²) >= 11 is 0. The normalized spacial score (nSPS) is 14.9. The third-order valence-corrected chi connectivity index (χ3v) is 5.11. The number of ether oxygens (including phenoxy) is 2. The van der Waals surface area contributed by atoms with Crippen LogP contribution >= 0.6 is 0 Å². The molecule has 1 heterocycles. The van der Waals surface area contributed by atoms with Crippen LogP contribution in [0.15, 0.2) is 78.4 Å². The van der Waals surface area contributed by atoms with Crippen molar-refractivity contribution in [2.45, 2.75) is 13.5 Å². The van der Waals surface area contributed by atoms with E-state index < -0.39 is 17.8 Å². The lowest BCUT2D eigenvalue weighted by Gasteiger charge is -2.26. The standard InChI is InChI=1S/C26H22N2O5/c1-17-7-6-8-18(13-17)16-33-23-15-21(32-2)12-11-19(23)14-22-24(29)27-26(31)28(25(22)30)20-9-4-3-5-10-20/h3-15H,16H2,1-2H3,(H,27,29,31)/b22-14+. The van der Waals surface area contributed by atoms with E-state index in [1.807, 2.05) is 31.2 Å². The number of benzene rings is 3. The first-order valence-electron chi connectivity index (χ1n) is 10.3. The largest absolute Gasteiger partial charge is 0.497 e. The number of imide groups is 2. The summed E-state index contributed by atoms with van der Waals surface area (Å²) in [6, 6.07) is 20.6. The average molecular weight is 442 g/mol. The van der Waals surface area contributed by atoms with Gasteiger partial charge < -0.3 is 9.47 Å². The number of carbonyl (C=O) groups excluding carboxylic acids is 3. The number of rotatable bonds is 6. The Balaban J connectivity index is 1.68. The summed E-state index contributed by atoms with van der Waals surface area (Å²) in [5, 5.41) is 2.23. The molecule has 0 spiro atoms. The Kier molecular flexibility index (Phi) is 6.22. The zero-order valence-electron chi connectivity index (χ0n) is 18.2. The highest BCUT2D eigenvalue weighted by molar-refractivity contribution is 6.39. The third kappa shape index (κ3) is 4.77. The SMILES string of the molecule is COc1ccc(/C=C2\C(=O)NC(=O)N(c3ccccc3)C2=O)c(OCc2cccc(C)c2)c1. The second kappa shape index (κ2) is 9.40. The van der Waals surface area contributed by atoms with Crippen molar-refractivity contribution in [1.82, 2.24) is 5.32 Å². The minimum Gasteiger partial charge on any atom is -0.497 e. The zero-order chi connectivity index (χ0) is 23.4. The van der Waals surface area contributed by atoms with Crippen molar-refractivity contribution >= 4 is 29.6 Å². The molecule has 3 aromatic carbocycles. The Morgan fingerprint density at radius 1 is 0.939 bits per heavy atom. The maximum atomic E-state index is 13.1. The first-order chi connectivity index (χ1) is 16.0. The molecule has 0 aromatic heterocycles. The molecule has 0 saturated carbocycles. The summed E-state index contributed by atoms with van der Waals surface area (Å²) in [5.41, 5.74) is 2.78. The fraction of sp³-hybridized carbons (Fsp3) is 0.115. The van der Waals surface area contributed by atoms with Crippen LogP contribution in [0.1, 0.15) is 16.7 Å². The van der Waals surface area contributed by atoms with E-state index in [4.69, 9.17) is 9.47 Å². The molecule has 0 unspecified atom stereocenters. The van der Waals surface area contributed by atoms with Gasteiger partial charge in [0, 0.05) is 11.6 Å². The average Bonchev–Trinajstić information content (AvgIpc) is 2.81. The highest BCUT2D eigenvalue weighted by atomic mass is 16.5. The molecule has 0 radical (unpaired) electrons. The van der Waals surface area contributed by atoms with E-state index in [0.717, 1.165) is 16.0 Å². The monoisotopic (exact) mass is 442 g/mol. The Morgan fingerprint density at radius 3 is 2.45 bits per heavy atom. The Bertz CT molecular complexity index is 1250. The molecular weight excluding hydrogens is 420 g/mol. The highest BCUT2D eigenvalue weighted by Gasteiger charge is 2.36. The van der Waals surface area contributed by atoms with Gasteiger partial charge in [0.25, 0.3) is 11.8 Å². The number of para-hydroxylation sites is 1. The molecule has 4 rings (SSSR count). The van der Waals surface area contributed by atoms with E-state index in [1.165, 1.54) is 6.08 Å². The molecule has 4 amide bonds. The first-order valence-corrected chi connectivity index (χ1v) is 10.3. The second-order valence-corrected chi connectivity index (χ2v) is 7.47. The smallest absolute Gasteiger partial charge is 0.335 e. The van der Waals surface area contributed by atoms with Crippen molar-refractivity contribution in [3.63, 3.8) is 0 Å². The van der Waals surface area contributed by atoms with Crippen LogP contribution in [0.25, 0.3) is 6.08 Å². The number of nitrogens with zero attached hydrogens (tertiary/aromatic N) is 1. The molecular formula is C26H22N2O5. The van der Waals surface area contributed by atoms with Crippen LogP contribution < -0.4 is 19.7 Å². The molecule has 0 bridgehead atoms. The lowest BCUT2D eigenvalue weighted by molar-refractivity contribution is -0.122. The van der Waals surface area contributed by atoms with E-state index in [-0.39, 0.29) is 5.57 Å². The van der Waals surface area contributed by atoms with Gasteiger partial charge >= 0.3 is 6.03 Å². The van der Waals surface area contributed by atoms with E-state index in [2.05, 4.69) is 5.32 Å². The number of methoxy groups -OCH3 is 1. The van der Waals surface area contributed by atoms with Gasteiger partial charge in [-0.25, -0.2) is 9.69 Å². The van der Waals surface area contributed by atoms with Crippen molar-refractivity contribution < 1.29 is 23.9 Å². The van der Waals surface area contributed by atoms with Crippen LogP contribution in [0.2, 0.25) is 0 Å². The van der Waals surface area contributed by atoms with Crippen LogP contribution in [0.3, 0.4) is 0 Å². The molecule has 0 atom stereocenters. The summed E-state index contributed by atoms with van der Waals surface area (Å²) in [6.45, 7) is 2.29. The molecule has 7 nitrogen and oxygen atoms in total. The number of urea groups is 1. The van der Waals surface area contributed by atoms with Crippen LogP contribution in [0, 0.1) is 6.92 Å². The maximum Gasteiger partial charge on any atom is 0.335 e. The number of hydrogen-bond donors (Lipinski definition) is 1. The van der Waals surface area contributed by atoms with Crippen LogP contribution in [0.4, 0.5) is 10.5 Å². The number of amides is 4. The molecule has 1 N–H and O–H groups in total. The van der Waals surface area contributed by atoms with Crippen molar-refractivity contribution in [2.24, 2.45) is 0 Å². The van der Waals surface area contributed by atoms with E-state index >= 15 is 0 Å². The molecule has 1 saturated heterocycles. The minimum atomic E-state index is -0.793. The number of carbonyl (C=O) groups is 3. The third-order valence-electron chi connectivity index (χ3n) is 5.11. The molecule has 1 aliphatic heterocycles. The predicted octanol–water partition coefficient (Wildman–Crippen LogP) is 4.25. The highest BCUT2D eigenvalue weighted by Crippen LogP contribution is 2.29. The van der Waals surface area contributed by atoms with Gasteiger partial charge in [-0.05, 0) is 42.8 Å². The van der Waals surface area contributed by atoms with Crippen LogP contribution in [0.5, 0.6) is 11.5 Å². The fourth-order valence-corrected chi connectivity index (χ4v) is 3.47. The fourth-order valence-electron chi connectivity index (χ4n) is 3.47. The van der Waals surface area contributed by atoms with Gasteiger partial charge in [-0.2, -0.15) is 0 Å². The van der Waals surface area contributed by atoms with Crippen molar-refractivity contribution in [2.75, 3.05) is 12.0 Å². The molecule has 3 aromatic rings. The Morgan fingerprint density at radius 2 is 1.73 bits per heavy atom. The van der Waals surface area contributed by atoms with Gasteiger partial charge in [0.2, 0.25) is 0 Å². The maximum absolute atomic E-state index is 13.1. The van der Waals surface area contributed by atoms with Crippen LogP contribution in [-0.4, -0.2) is 25.0 Å². The summed E-state index contributed by atoms with van der Waals surface area (Å²) < 4.78 is 11.3. The number of barbiturate groups is 1. The number of nitrogens with one attached hydrogen (secondary N) is 1. The number of anilines is 1. The molecule has 0 aliphatic carbocycles. The Labute approximate surface area is 191 Å². The zero-order valence-corrected chi connectivity index (χ0v) is 18.2. The molecule has 7 heteroatoms. The summed E-state index contributed by atoms with van der Waals surface area (Å²) in [4.78, 5) is 38.9. The molecule has 33 heavy (non-hydrogen) atoms. The van der Waals surface area contributed by atoms with E-state index in [1.54, 1.807) is 55.6 Å². The molecule has 1 fully saturated rings. The van der Waals surface area contributed by atoms with Crippen molar-refractivity contribution in [3.05, 3.63) is 95.1 Å². The first kappa shape index (κ1) is 21.8. The molecule has 166 valence electrons. The minimum absolute atomic E-state index is 0.177. The van der Waals surface area contributed by atoms with Gasteiger partial charge in [0.1, 0.15) is 23.7 Å². The van der Waals surface area contributed by atoms with Crippen molar-refractivity contribution in [3.8, 4) is 11.5 Å². The predicted molar refractivity (Wildman–Crippen MR) is 124 cm³/mol. The van der Waals surface area contributed by atoms with Gasteiger partial charge in [-0.3, -0.25) is 14.9 Å². The lowest BCUT2D eigenvalue weighted by atomic mass is 10.1. The summed E-state index contributed by atoms with van der Waals surface area (Å²) in [5.74, 6) is -0.475. The van der Waals surface area contributed by atoms with Gasteiger partial charge in [0.15, 0.2) is 0 Å². The number of aryl methyl sites for hydroxylation is 1. The summed E-state index contributed by atoms with van der Waals surface area (Å²) in [7, 11) is 1.54. The topological polar surface area (TPSA) is 84.9 Å². The second-order valence-electron chi connectivity index (χ2n) is 7.47. The number of hydrogen-bond acceptors (Lipinski definition) is 5. The van der Waals surface area contributed by atoms with Gasteiger partial charge in [0.05, 0.1) is 12.8 Å². The lowest BCUT2D eigenvalue weighted by Crippen LogP contribution is -2.54. The van der Waals surface area contributed by atoms with E-state index in [9.17, 15) is 14.4 Å². The summed E-state index contributed by atoms with van der Waals surface area (Å²) in [6.07, 6.45) is 1.42. The van der Waals surface area contributed by atoms with Gasteiger partial charge in [-0.15, -0.1) is 0 Å². The van der Waals surface area contributed by atoms with E-state index in [0.29, 0.717) is 29.4 Å². The van der Waals surface area contributed by atoms with Gasteiger partial charge in [-0.1, -0.05) is 48.0 Å².